The maximum atomic E-state index is 2.55. The van der Waals surface area contributed by atoms with Gasteiger partial charge in [0.05, 0.1) is 0 Å². The topological polar surface area (TPSA) is 0 Å². The molecule has 0 aliphatic heterocycles. The van der Waals surface area contributed by atoms with Gasteiger partial charge in [-0.2, -0.15) is 0 Å². The molecule has 0 nitrogen and oxygen atoms in total. The second-order valence-corrected chi connectivity index (χ2v) is 20.3. The van der Waals surface area contributed by atoms with E-state index in [-0.39, 0.29) is 15.8 Å². The van der Waals surface area contributed by atoms with Crippen LogP contribution in [0, 0.1) is 21.7 Å². The molecule has 0 aromatic rings. The van der Waals surface area contributed by atoms with Crippen molar-refractivity contribution in [3.05, 3.63) is 0 Å². The fraction of sp³-hybridized carbons (Fsp3) is 1.00. The molecule has 0 fully saturated rings. The van der Waals surface area contributed by atoms with Gasteiger partial charge in [0.25, 0.3) is 0 Å². The first kappa shape index (κ1) is 25.6. The molecule has 0 bridgehead atoms. The Hall–Kier alpha value is 0.558. The number of hydrogen-bond donors (Lipinski definition) is 0. The van der Waals surface area contributed by atoms with E-state index in [0.717, 1.165) is 0 Å². The molecule has 25 heavy (non-hydrogen) atoms. The first-order valence-corrected chi connectivity index (χ1v) is 12.4. The normalized spacial score (nSPS) is 15.6. The Morgan fingerprint density at radius 3 is 0.840 bits per heavy atom. The Morgan fingerprint density at radius 1 is 0.400 bits per heavy atom. The summed E-state index contributed by atoms with van der Waals surface area (Å²) in [4.78, 5) is 0. The molecule has 0 atom stereocenters. The van der Waals surface area contributed by atoms with E-state index in [1.807, 2.05) is 0 Å². The minimum atomic E-state index is -0.0481. The molecule has 0 aliphatic carbocycles. The molecule has 0 saturated heterocycles. The van der Waals surface area contributed by atoms with Crippen LogP contribution in [0.3, 0.4) is 0 Å². The summed E-state index contributed by atoms with van der Waals surface area (Å²) in [5, 5.41) is 0. The van der Waals surface area contributed by atoms with Crippen molar-refractivity contribution in [3.8, 4) is 0 Å². The zero-order valence-corrected chi connectivity index (χ0v) is 22.4. The quantitative estimate of drug-likeness (QED) is 0.349. The van der Waals surface area contributed by atoms with Gasteiger partial charge in [0.15, 0.2) is 0 Å². The van der Waals surface area contributed by atoms with E-state index in [9.17, 15) is 0 Å². The molecule has 0 N–H and O–H groups in total. The molecule has 0 aromatic carbocycles. The molecule has 0 unspecified atom stereocenters. The van der Waals surface area contributed by atoms with Crippen LogP contribution in [0.5, 0.6) is 0 Å². The van der Waals surface area contributed by atoms with Gasteiger partial charge in [-0.25, -0.2) is 0 Å². The van der Waals surface area contributed by atoms with E-state index in [1.54, 1.807) is 0 Å². The van der Waals surface area contributed by atoms with Crippen LogP contribution in [-0.4, -0.2) is 15.8 Å². The van der Waals surface area contributed by atoms with Crippen LogP contribution in [0.25, 0.3) is 0 Å². The summed E-state index contributed by atoms with van der Waals surface area (Å²) < 4.78 is 1.02. The average Bonchev–Trinajstić information content (AvgIpc) is 1.97. The van der Waals surface area contributed by atoms with Crippen LogP contribution in [-0.2, 0) is 0 Å². The van der Waals surface area contributed by atoms with Gasteiger partial charge >= 0.3 is 168 Å². The summed E-state index contributed by atoms with van der Waals surface area (Å²) in [6.45, 7) is 34.5. The molecule has 0 radical (unpaired) electrons. The van der Waals surface area contributed by atoms with Gasteiger partial charge in [-0.05, 0) is 0 Å². The van der Waals surface area contributed by atoms with Crippen molar-refractivity contribution in [2.45, 2.75) is 131 Å². The van der Waals surface area contributed by atoms with Gasteiger partial charge in [-0.15, -0.1) is 0 Å². The van der Waals surface area contributed by atoms with E-state index in [1.165, 1.54) is 25.7 Å². The Labute approximate surface area is 168 Å². The van der Waals surface area contributed by atoms with Crippen LogP contribution in [0.15, 0.2) is 0 Å². The Morgan fingerprint density at radius 2 is 0.640 bits per heavy atom. The third-order valence-corrected chi connectivity index (χ3v) is 8.12. The van der Waals surface area contributed by atoms with Crippen LogP contribution in [0.2, 0.25) is 8.41 Å². The van der Waals surface area contributed by atoms with Crippen molar-refractivity contribution in [2.24, 2.45) is 21.7 Å². The fourth-order valence-electron chi connectivity index (χ4n) is 6.39. The first-order chi connectivity index (χ1) is 10.5. The van der Waals surface area contributed by atoms with Crippen LogP contribution in [0.1, 0.15) is 123 Å². The summed E-state index contributed by atoms with van der Waals surface area (Å²) in [6, 6.07) is 0. The maximum absolute atomic E-state index is 2.55. The van der Waals surface area contributed by atoms with Crippen molar-refractivity contribution in [1.29, 1.82) is 0 Å². The Bertz CT molecular complexity index is 370. The zero-order chi connectivity index (χ0) is 20.5. The molecule has 0 saturated carbocycles. The van der Waals surface area contributed by atoms with Gasteiger partial charge in [-0.3, -0.25) is 0 Å². The fourth-order valence-corrected chi connectivity index (χ4v) is 12.6. The van der Waals surface area contributed by atoms with E-state index in [2.05, 4.69) is 96.9 Å². The molecule has 0 aliphatic rings. The van der Waals surface area contributed by atoms with Crippen LogP contribution < -0.4 is 0 Å². The van der Waals surface area contributed by atoms with Crippen LogP contribution in [0.4, 0.5) is 0 Å². The first-order valence-electron chi connectivity index (χ1n) is 10.3. The molecule has 0 rings (SSSR count). The van der Waals surface area contributed by atoms with E-state index in [4.69, 9.17) is 0 Å². The van der Waals surface area contributed by atoms with Crippen molar-refractivity contribution < 1.29 is 0 Å². The van der Waals surface area contributed by atoms with E-state index >= 15 is 0 Å². The molecule has 152 valence electrons. The Kier molecular flexibility index (Phi) is 8.07. The van der Waals surface area contributed by atoms with Crippen molar-refractivity contribution >= 4 is 15.8 Å². The molecule has 0 spiro atoms. The second kappa shape index (κ2) is 7.89. The Balaban J connectivity index is 5.01. The standard InChI is InChI=1S/C24H51As/c1-19(2,3)15-21(7,8)17-23(11,12)25-24(13,14)18-22(9,10)16-20(4,5)6/h25H,15-18H2,1-14H3. The summed E-state index contributed by atoms with van der Waals surface area (Å²) in [5.41, 5.74) is 1.71. The summed E-state index contributed by atoms with van der Waals surface area (Å²) in [5.74, 6) is 0. The predicted molar refractivity (Wildman–Crippen MR) is 120 cm³/mol. The average molecular weight is 415 g/mol. The van der Waals surface area contributed by atoms with Gasteiger partial charge in [0, 0.05) is 0 Å². The monoisotopic (exact) mass is 414 g/mol. The van der Waals surface area contributed by atoms with Crippen molar-refractivity contribution in [3.63, 3.8) is 0 Å². The van der Waals surface area contributed by atoms with Gasteiger partial charge in [0.2, 0.25) is 0 Å². The van der Waals surface area contributed by atoms with Gasteiger partial charge in [-0.1, -0.05) is 0 Å². The van der Waals surface area contributed by atoms with Gasteiger partial charge in [0.1, 0.15) is 0 Å². The summed E-state index contributed by atoms with van der Waals surface area (Å²) in [6.07, 6.45) is 5.35. The summed E-state index contributed by atoms with van der Waals surface area (Å²) in [7, 11) is 0. The third kappa shape index (κ3) is 13.4. The van der Waals surface area contributed by atoms with E-state index < -0.39 is 0 Å². The molecular weight excluding hydrogens is 363 g/mol. The minimum absolute atomic E-state index is 0.0481. The van der Waals surface area contributed by atoms with Gasteiger partial charge < -0.3 is 0 Å². The SMILES string of the molecule is CC(C)(C)CC(C)(C)CC(C)(C)[AsH]C(C)(C)CC(C)(C)CC(C)(C)C. The van der Waals surface area contributed by atoms with Crippen LogP contribution >= 0.6 is 0 Å². The summed E-state index contributed by atoms with van der Waals surface area (Å²) >= 11 is -0.0481. The molecule has 0 amide bonds. The molecule has 1 heteroatoms. The van der Waals surface area contributed by atoms with E-state index in [0.29, 0.717) is 30.1 Å². The molecule has 0 heterocycles. The third-order valence-electron chi connectivity index (χ3n) is 4.54. The van der Waals surface area contributed by atoms with Crippen molar-refractivity contribution in [1.82, 2.24) is 0 Å². The number of hydrogen-bond acceptors (Lipinski definition) is 0. The molecular formula is C24H51As. The van der Waals surface area contributed by atoms with Crippen molar-refractivity contribution in [2.75, 3.05) is 0 Å². The number of rotatable bonds is 8. The predicted octanol–water partition coefficient (Wildman–Crippen LogP) is 8.52. The molecule has 0 aromatic heterocycles. The zero-order valence-electron chi connectivity index (χ0n) is 20.3. The second-order valence-electron chi connectivity index (χ2n) is 14.0.